The molecule has 0 saturated carbocycles. The van der Waals surface area contributed by atoms with E-state index in [0.29, 0.717) is 11.5 Å². The Morgan fingerprint density at radius 3 is 2.62 bits per heavy atom. The Labute approximate surface area is 189 Å². The molecule has 1 amide bonds. The average molecular weight is 446 g/mol. The zero-order chi connectivity index (χ0) is 21.9. The number of pyridine rings is 1. The molecule has 0 unspecified atom stereocenters. The molecule has 3 aromatic heterocycles. The lowest BCUT2D eigenvalue weighted by Gasteiger charge is -2.17. The number of carbonyl (C=O) groups is 1. The molecule has 1 saturated heterocycles. The SMILES string of the molecule is O=C(c1ccc(-c2cc3ncnc(N[C@H](CO)c4ccccc4)c3s2)cn1)N1CCCC1. The van der Waals surface area contributed by atoms with Crippen LogP contribution >= 0.6 is 11.3 Å². The van der Waals surface area contributed by atoms with E-state index in [-0.39, 0.29) is 18.6 Å². The van der Waals surface area contributed by atoms with Crippen molar-refractivity contribution in [3.8, 4) is 10.4 Å². The predicted molar refractivity (Wildman–Crippen MR) is 126 cm³/mol. The van der Waals surface area contributed by atoms with Crippen molar-refractivity contribution in [3.05, 3.63) is 72.3 Å². The Hall–Kier alpha value is -3.36. The van der Waals surface area contributed by atoms with E-state index < -0.39 is 0 Å². The van der Waals surface area contributed by atoms with Crippen molar-refractivity contribution in [2.45, 2.75) is 18.9 Å². The lowest BCUT2D eigenvalue weighted by atomic mass is 10.1. The summed E-state index contributed by atoms with van der Waals surface area (Å²) < 4.78 is 0.911. The van der Waals surface area contributed by atoms with Crippen LogP contribution in [0.15, 0.2) is 61.1 Å². The molecule has 8 heteroatoms. The fraction of sp³-hybridized carbons (Fsp3) is 0.250. The van der Waals surface area contributed by atoms with E-state index in [0.717, 1.165) is 52.2 Å². The van der Waals surface area contributed by atoms with E-state index in [1.54, 1.807) is 23.6 Å². The molecule has 0 aliphatic carbocycles. The molecule has 2 N–H and O–H groups in total. The third-order valence-electron chi connectivity index (χ3n) is 5.67. The third-order valence-corrected chi connectivity index (χ3v) is 6.85. The number of aliphatic hydroxyl groups is 1. The van der Waals surface area contributed by atoms with Crippen molar-refractivity contribution in [3.63, 3.8) is 0 Å². The Bertz CT molecular complexity index is 1220. The van der Waals surface area contributed by atoms with Gasteiger partial charge in [0.15, 0.2) is 0 Å². The van der Waals surface area contributed by atoms with Gasteiger partial charge in [0.05, 0.1) is 22.9 Å². The number of hydrogen-bond acceptors (Lipinski definition) is 7. The summed E-state index contributed by atoms with van der Waals surface area (Å²) in [7, 11) is 0. The number of nitrogens with one attached hydrogen (secondary N) is 1. The van der Waals surface area contributed by atoms with E-state index >= 15 is 0 Å². The van der Waals surface area contributed by atoms with Crippen molar-refractivity contribution in [1.82, 2.24) is 19.9 Å². The van der Waals surface area contributed by atoms with Crippen LogP contribution in [-0.4, -0.2) is 50.6 Å². The quantitative estimate of drug-likeness (QED) is 0.464. The zero-order valence-electron chi connectivity index (χ0n) is 17.4. The van der Waals surface area contributed by atoms with Gasteiger partial charge in [0.1, 0.15) is 17.8 Å². The molecule has 0 radical (unpaired) electrons. The summed E-state index contributed by atoms with van der Waals surface area (Å²) in [6, 6.07) is 15.3. The number of carbonyl (C=O) groups excluding carboxylic acids is 1. The molecule has 32 heavy (non-hydrogen) atoms. The number of nitrogens with zero attached hydrogens (tertiary/aromatic N) is 4. The summed E-state index contributed by atoms with van der Waals surface area (Å²) in [6.45, 7) is 1.57. The lowest BCUT2D eigenvalue weighted by Crippen LogP contribution is -2.28. The summed E-state index contributed by atoms with van der Waals surface area (Å²) >= 11 is 1.56. The summed E-state index contributed by atoms with van der Waals surface area (Å²) in [5.41, 5.74) is 3.22. The van der Waals surface area contributed by atoms with Crippen LogP contribution in [0, 0.1) is 0 Å². The van der Waals surface area contributed by atoms with Gasteiger partial charge in [0, 0.05) is 29.7 Å². The predicted octanol–water partition coefficient (Wildman–Crippen LogP) is 4.13. The highest BCUT2D eigenvalue weighted by atomic mass is 32.1. The minimum absolute atomic E-state index is 0.00120. The molecular weight excluding hydrogens is 422 g/mol. The van der Waals surface area contributed by atoms with Crippen LogP contribution in [-0.2, 0) is 0 Å². The first-order chi connectivity index (χ1) is 15.7. The van der Waals surface area contributed by atoms with Gasteiger partial charge in [-0.1, -0.05) is 30.3 Å². The van der Waals surface area contributed by atoms with Crippen LogP contribution in [0.1, 0.15) is 34.9 Å². The maximum absolute atomic E-state index is 12.5. The number of thiophene rings is 1. The highest BCUT2D eigenvalue weighted by Gasteiger charge is 2.21. The average Bonchev–Trinajstić information content (AvgIpc) is 3.53. The van der Waals surface area contributed by atoms with E-state index in [1.807, 2.05) is 47.4 Å². The lowest BCUT2D eigenvalue weighted by molar-refractivity contribution is 0.0787. The van der Waals surface area contributed by atoms with Crippen LogP contribution in [0.4, 0.5) is 5.82 Å². The van der Waals surface area contributed by atoms with Crippen molar-refractivity contribution in [1.29, 1.82) is 0 Å². The van der Waals surface area contributed by atoms with Crippen LogP contribution in [0.3, 0.4) is 0 Å². The van der Waals surface area contributed by atoms with Gasteiger partial charge in [-0.25, -0.2) is 9.97 Å². The molecule has 162 valence electrons. The van der Waals surface area contributed by atoms with Crippen molar-refractivity contribution >= 4 is 33.3 Å². The third kappa shape index (κ3) is 4.06. The molecule has 0 spiro atoms. The summed E-state index contributed by atoms with van der Waals surface area (Å²) in [6.07, 6.45) is 5.39. The molecule has 5 rings (SSSR count). The molecule has 1 aromatic carbocycles. The first kappa shape index (κ1) is 20.5. The summed E-state index contributed by atoms with van der Waals surface area (Å²) in [5, 5.41) is 13.3. The standard InChI is InChI=1S/C24H23N5O2S/c30-14-20(16-6-2-1-3-7-16)28-23-22-19(26-15-27-23)12-21(32-22)17-8-9-18(25-13-17)24(31)29-10-4-5-11-29/h1-3,6-9,12-13,15,20,30H,4-5,10-11,14H2,(H,26,27,28)/t20-/m1/s1. The van der Waals surface area contributed by atoms with Crippen LogP contribution in [0.25, 0.3) is 20.7 Å². The number of fused-ring (bicyclic) bond motifs is 1. The monoisotopic (exact) mass is 445 g/mol. The topological polar surface area (TPSA) is 91.2 Å². The smallest absolute Gasteiger partial charge is 0.272 e. The van der Waals surface area contributed by atoms with Crippen LogP contribution < -0.4 is 5.32 Å². The van der Waals surface area contributed by atoms with Gasteiger partial charge in [-0.2, -0.15) is 0 Å². The van der Waals surface area contributed by atoms with E-state index in [4.69, 9.17) is 0 Å². The Kier molecular flexibility index (Phi) is 5.79. The van der Waals surface area contributed by atoms with Crippen molar-refractivity contribution in [2.24, 2.45) is 0 Å². The number of hydrogen-bond donors (Lipinski definition) is 2. The van der Waals surface area contributed by atoms with Gasteiger partial charge in [0.2, 0.25) is 0 Å². The highest BCUT2D eigenvalue weighted by molar-refractivity contribution is 7.22. The van der Waals surface area contributed by atoms with Crippen molar-refractivity contribution < 1.29 is 9.90 Å². The van der Waals surface area contributed by atoms with Gasteiger partial charge in [-0.3, -0.25) is 9.78 Å². The molecule has 1 fully saturated rings. The van der Waals surface area contributed by atoms with Crippen LogP contribution in [0.5, 0.6) is 0 Å². The normalized spacial score (nSPS) is 14.6. The van der Waals surface area contributed by atoms with E-state index in [2.05, 4.69) is 20.3 Å². The van der Waals surface area contributed by atoms with E-state index in [9.17, 15) is 9.90 Å². The first-order valence-electron chi connectivity index (χ1n) is 10.7. The number of aliphatic hydroxyl groups excluding tert-OH is 1. The van der Waals surface area contributed by atoms with Gasteiger partial charge < -0.3 is 15.3 Å². The summed E-state index contributed by atoms with van der Waals surface area (Å²) in [4.78, 5) is 28.7. The van der Waals surface area contributed by atoms with Gasteiger partial charge >= 0.3 is 0 Å². The molecular formula is C24H23N5O2S. The Morgan fingerprint density at radius 1 is 1.09 bits per heavy atom. The molecule has 4 aromatic rings. The molecule has 0 bridgehead atoms. The second-order valence-electron chi connectivity index (χ2n) is 7.77. The molecule has 1 aliphatic heterocycles. The highest BCUT2D eigenvalue weighted by Crippen LogP contribution is 2.36. The number of rotatable bonds is 6. The zero-order valence-corrected chi connectivity index (χ0v) is 18.3. The largest absolute Gasteiger partial charge is 0.394 e. The van der Waals surface area contributed by atoms with Crippen molar-refractivity contribution in [2.75, 3.05) is 25.0 Å². The number of amides is 1. The minimum Gasteiger partial charge on any atom is -0.394 e. The molecule has 1 atom stereocenters. The number of anilines is 1. The molecule has 4 heterocycles. The number of likely N-dealkylation sites (tertiary alicyclic amines) is 1. The Morgan fingerprint density at radius 2 is 1.91 bits per heavy atom. The second kappa shape index (κ2) is 9.02. The van der Waals surface area contributed by atoms with Gasteiger partial charge in [0.25, 0.3) is 5.91 Å². The molecule has 7 nitrogen and oxygen atoms in total. The van der Waals surface area contributed by atoms with Crippen LogP contribution in [0.2, 0.25) is 0 Å². The first-order valence-corrected chi connectivity index (χ1v) is 11.5. The maximum Gasteiger partial charge on any atom is 0.272 e. The van der Waals surface area contributed by atoms with E-state index in [1.165, 1.54) is 6.33 Å². The number of benzene rings is 1. The Balaban J connectivity index is 1.41. The molecule has 1 aliphatic rings. The van der Waals surface area contributed by atoms with Gasteiger partial charge in [-0.15, -0.1) is 11.3 Å². The second-order valence-corrected chi connectivity index (χ2v) is 8.82. The fourth-order valence-corrected chi connectivity index (χ4v) is 4.99. The summed E-state index contributed by atoms with van der Waals surface area (Å²) in [5.74, 6) is 0.682. The number of aromatic nitrogens is 3. The fourth-order valence-electron chi connectivity index (χ4n) is 3.93. The van der Waals surface area contributed by atoms with Gasteiger partial charge in [-0.05, 0) is 36.6 Å². The maximum atomic E-state index is 12.5. The minimum atomic E-state index is -0.266.